The summed E-state index contributed by atoms with van der Waals surface area (Å²) in [5.41, 5.74) is 1.92. The van der Waals surface area contributed by atoms with Crippen molar-refractivity contribution < 1.29 is 14.4 Å². The molecule has 1 aliphatic heterocycles. The molecule has 2 heterocycles. The maximum Gasteiger partial charge on any atom is 0.194 e. The predicted octanol–water partition coefficient (Wildman–Crippen LogP) is 1.98. The van der Waals surface area contributed by atoms with Gasteiger partial charge in [-0.1, -0.05) is 11.2 Å². The minimum Gasteiger partial charge on any atom is -0.504 e. The Balaban J connectivity index is 1.58. The summed E-state index contributed by atoms with van der Waals surface area (Å²) >= 11 is 0. The van der Waals surface area contributed by atoms with Crippen molar-refractivity contribution >= 4 is 5.96 Å². The lowest BCUT2D eigenvalue weighted by Crippen LogP contribution is -2.52. The van der Waals surface area contributed by atoms with Crippen LogP contribution in [0.1, 0.15) is 23.9 Å². The Kier molecular flexibility index (Phi) is 6.76. The van der Waals surface area contributed by atoms with Gasteiger partial charge < -0.3 is 24.6 Å². The second-order valence-corrected chi connectivity index (χ2v) is 6.87. The molecular weight excluding hydrogens is 358 g/mol. The summed E-state index contributed by atoms with van der Waals surface area (Å²) in [5.74, 6) is 2.35. The number of piperazine rings is 1. The number of aryl methyl sites for hydroxylation is 1. The Labute approximate surface area is 165 Å². The molecule has 0 amide bonds. The molecule has 0 bridgehead atoms. The van der Waals surface area contributed by atoms with Crippen LogP contribution in [0.3, 0.4) is 0 Å². The Morgan fingerprint density at radius 2 is 2.07 bits per heavy atom. The molecule has 152 valence electrons. The van der Waals surface area contributed by atoms with Crippen LogP contribution in [0.25, 0.3) is 0 Å². The number of benzene rings is 1. The highest BCUT2D eigenvalue weighted by molar-refractivity contribution is 5.80. The minimum absolute atomic E-state index is 0.136. The molecule has 0 atom stereocenters. The molecule has 1 aromatic carbocycles. The number of methoxy groups -OCH3 is 1. The van der Waals surface area contributed by atoms with Gasteiger partial charge in [0.1, 0.15) is 5.76 Å². The van der Waals surface area contributed by atoms with Crippen molar-refractivity contribution in [1.29, 1.82) is 0 Å². The van der Waals surface area contributed by atoms with Crippen LogP contribution in [0.2, 0.25) is 0 Å². The number of nitrogens with zero attached hydrogens (tertiary/aromatic N) is 4. The highest BCUT2D eigenvalue weighted by Gasteiger charge is 2.20. The highest BCUT2D eigenvalue weighted by atomic mass is 16.5. The molecule has 0 aliphatic carbocycles. The summed E-state index contributed by atoms with van der Waals surface area (Å²) in [4.78, 5) is 9.40. The van der Waals surface area contributed by atoms with Crippen molar-refractivity contribution in [3.63, 3.8) is 0 Å². The fraction of sp³-hybridized carbons (Fsp3) is 0.500. The van der Waals surface area contributed by atoms with Gasteiger partial charge in [0.2, 0.25) is 0 Å². The number of nitrogens with one attached hydrogen (secondary N) is 1. The van der Waals surface area contributed by atoms with Crippen LogP contribution in [-0.4, -0.2) is 65.9 Å². The molecule has 0 saturated carbocycles. The summed E-state index contributed by atoms with van der Waals surface area (Å²) in [6, 6.07) is 7.37. The van der Waals surface area contributed by atoms with E-state index in [0.29, 0.717) is 12.3 Å². The maximum absolute atomic E-state index is 9.94. The number of aromatic nitrogens is 1. The van der Waals surface area contributed by atoms with Gasteiger partial charge >= 0.3 is 0 Å². The van der Waals surface area contributed by atoms with Gasteiger partial charge in [0.25, 0.3) is 0 Å². The fourth-order valence-electron chi connectivity index (χ4n) is 3.27. The molecule has 3 rings (SSSR count). The van der Waals surface area contributed by atoms with E-state index in [1.807, 2.05) is 19.1 Å². The van der Waals surface area contributed by atoms with E-state index in [1.54, 1.807) is 19.2 Å². The van der Waals surface area contributed by atoms with Gasteiger partial charge in [-0.25, -0.2) is 4.99 Å². The van der Waals surface area contributed by atoms with Gasteiger partial charge in [-0.15, -0.1) is 0 Å². The van der Waals surface area contributed by atoms with Crippen molar-refractivity contribution in [2.45, 2.75) is 26.9 Å². The van der Waals surface area contributed by atoms with E-state index in [9.17, 15) is 5.11 Å². The summed E-state index contributed by atoms with van der Waals surface area (Å²) in [6.07, 6.45) is 0. The molecular formula is C20H29N5O3. The molecule has 1 aliphatic rings. The molecule has 0 spiro atoms. The SMILES string of the molecule is CCNC(=NCc1ccc(OC)c(O)c1)N1CCN(Cc2cc(C)on2)CC1. The van der Waals surface area contributed by atoms with E-state index in [-0.39, 0.29) is 5.75 Å². The van der Waals surface area contributed by atoms with Crippen molar-refractivity contribution in [2.75, 3.05) is 39.8 Å². The Morgan fingerprint density at radius 3 is 2.68 bits per heavy atom. The fourth-order valence-corrected chi connectivity index (χ4v) is 3.27. The number of guanidine groups is 1. The number of hydrogen-bond acceptors (Lipinski definition) is 6. The first-order valence-corrected chi connectivity index (χ1v) is 9.62. The molecule has 8 heteroatoms. The van der Waals surface area contributed by atoms with E-state index in [0.717, 1.165) is 62.2 Å². The van der Waals surface area contributed by atoms with E-state index >= 15 is 0 Å². The average Bonchev–Trinajstić information content (AvgIpc) is 3.10. The lowest BCUT2D eigenvalue weighted by Gasteiger charge is -2.36. The largest absolute Gasteiger partial charge is 0.504 e. The van der Waals surface area contributed by atoms with Crippen LogP contribution in [0.5, 0.6) is 11.5 Å². The number of hydrogen-bond donors (Lipinski definition) is 2. The Hall–Kier alpha value is -2.74. The highest BCUT2D eigenvalue weighted by Crippen LogP contribution is 2.26. The number of rotatable bonds is 6. The summed E-state index contributed by atoms with van der Waals surface area (Å²) < 4.78 is 10.2. The first-order chi connectivity index (χ1) is 13.6. The Morgan fingerprint density at radius 1 is 1.29 bits per heavy atom. The quantitative estimate of drug-likeness (QED) is 0.579. The van der Waals surface area contributed by atoms with Crippen LogP contribution < -0.4 is 10.1 Å². The van der Waals surface area contributed by atoms with Gasteiger partial charge in [-0.2, -0.15) is 0 Å². The number of aliphatic imine (C=N–C) groups is 1. The topological polar surface area (TPSA) is 86.4 Å². The van der Waals surface area contributed by atoms with Crippen LogP contribution in [0.15, 0.2) is 33.8 Å². The van der Waals surface area contributed by atoms with Gasteiger partial charge in [0, 0.05) is 45.3 Å². The number of ether oxygens (including phenoxy) is 1. The molecule has 28 heavy (non-hydrogen) atoms. The summed E-state index contributed by atoms with van der Waals surface area (Å²) in [5, 5.41) is 17.4. The average molecular weight is 387 g/mol. The molecule has 1 saturated heterocycles. The molecule has 1 fully saturated rings. The number of phenols is 1. The van der Waals surface area contributed by atoms with Gasteiger partial charge in [-0.05, 0) is 31.5 Å². The molecule has 1 aromatic heterocycles. The predicted molar refractivity (Wildman–Crippen MR) is 108 cm³/mol. The van der Waals surface area contributed by atoms with Crippen LogP contribution in [0.4, 0.5) is 0 Å². The van der Waals surface area contributed by atoms with Gasteiger partial charge in [-0.3, -0.25) is 4.90 Å². The van der Waals surface area contributed by atoms with Crippen LogP contribution >= 0.6 is 0 Å². The molecule has 2 N–H and O–H groups in total. The van der Waals surface area contributed by atoms with Crippen LogP contribution in [0, 0.1) is 6.92 Å². The van der Waals surface area contributed by atoms with E-state index in [2.05, 4.69) is 27.2 Å². The van der Waals surface area contributed by atoms with Crippen molar-refractivity contribution in [2.24, 2.45) is 4.99 Å². The lowest BCUT2D eigenvalue weighted by atomic mass is 10.2. The smallest absolute Gasteiger partial charge is 0.194 e. The van der Waals surface area contributed by atoms with Gasteiger partial charge in [0.05, 0.1) is 19.3 Å². The zero-order valence-electron chi connectivity index (χ0n) is 16.8. The van der Waals surface area contributed by atoms with Gasteiger partial charge in [0.15, 0.2) is 17.5 Å². The first kappa shape index (κ1) is 20.0. The van der Waals surface area contributed by atoms with E-state index in [1.165, 1.54) is 0 Å². The van der Waals surface area contributed by atoms with Crippen molar-refractivity contribution in [1.82, 2.24) is 20.3 Å². The summed E-state index contributed by atoms with van der Waals surface area (Å²) in [7, 11) is 1.54. The zero-order valence-corrected chi connectivity index (χ0v) is 16.8. The van der Waals surface area contributed by atoms with Crippen molar-refractivity contribution in [3.05, 3.63) is 41.3 Å². The lowest BCUT2D eigenvalue weighted by molar-refractivity contribution is 0.169. The number of aromatic hydroxyl groups is 1. The van der Waals surface area contributed by atoms with Crippen LogP contribution in [-0.2, 0) is 13.1 Å². The molecule has 2 aromatic rings. The first-order valence-electron chi connectivity index (χ1n) is 9.62. The van der Waals surface area contributed by atoms with E-state index < -0.39 is 0 Å². The third-order valence-electron chi connectivity index (χ3n) is 4.72. The Bertz CT molecular complexity index is 797. The molecule has 8 nitrogen and oxygen atoms in total. The monoisotopic (exact) mass is 387 g/mol. The van der Waals surface area contributed by atoms with Crippen molar-refractivity contribution in [3.8, 4) is 11.5 Å². The standard InChI is InChI=1S/C20H29N5O3/c1-4-21-20(22-13-16-5-6-19(27-3)18(26)12-16)25-9-7-24(8-10-25)14-17-11-15(2)28-23-17/h5-6,11-12,26H,4,7-10,13-14H2,1-3H3,(H,21,22). The third-order valence-corrected chi connectivity index (χ3v) is 4.72. The van der Waals surface area contributed by atoms with E-state index in [4.69, 9.17) is 14.3 Å². The normalized spacial score (nSPS) is 15.7. The molecule has 0 radical (unpaired) electrons. The number of phenolic OH excluding ortho intramolecular Hbond substituents is 1. The maximum atomic E-state index is 9.94. The minimum atomic E-state index is 0.136. The second kappa shape index (κ2) is 9.45. The third kappa shape index (κ3) is 5.16. The summed E-state index contributed by atoms with van der Waals surface area (Å²) in [6.45, 7) is 9.79. The zero-order chi connectivity index (χ0) is 19.9. The second-order valence-electron chi connectivity index (χ2n) is 6.87. The molecule has 0 unspecified atom stereocenters.